The van der Waals surface area contributed by atoms with E-state index < -0.39 is 16.8 Å². The summed E-state index contributed by atoms with van der Waals surface area (Å²) in [6.07, 6.45) is 3.74. The molecule has 2 N–H and O–H groups in total. The number of carbonyl (C=O) groups excluding carboxylic acids is 2. The molecule has 1 amide bonds. The van der Waals surface area contributed by atoms with Crippen LogP contribution in [0, 0.1) is 10.1 Å². The third-order valence-corrected chi connectivity index (χ3v) is 5.75. The lowest BCUT2D eigenvalue weighted by Gasteiger charge is -2.12. The van der Waals surface area contributed by atoms with Gasteiger partial charge in [0.05, 0.1) is 17.6 Å². The molecule has 2 aromatic rings. The Kier molecular flexibility index (Phi) is 6.00. The minimum atomic E-state index is -0.581. The number of rotatable bonds is 4. The van der Waals surface area contributed by atoms with Crippen molar-refractivity contribution in [3.63, 3.8) is 0 Å². The summed E-state index contributed by atoms with van der Waals surface area (Å²) in [5, 5.41) is 16.8. The summed E-state index contributed by atoms with van der Waals surface area (Å²) < 4.78 is 4.90. The zero-order chi connectivity index (χ0) is 20.3. The van der Waals surface area contributed by atoms with Crippen molar-refractivity contribution in [2.45, 2.75) is 25.7 Å². The number of hydrogen-bond donors (Lipinski definition) is 2. The van der Waals surface area contributed by atoms with Crippen LogP contribution < -0.4 is 10.6 Å². The molecule has 146 valence electrons. The molecule has 0 radical (unpaired) electrons. The Morgan fingerprint density at radius 1 is 1.29 bits per heavy atom. The summed E-state index contributed by atoms with van der Waals surface area (Å²) in [5.41, 5.74) is 1.34. The van der Waals surface area contributed by atoms with E-state index in [1.165, 1.54) is 42.7 Å². The van der Waals surface area contributed by atoms with Crippen molar-refractivity contribution in [2.75, 3.05) is 12.4 Å². The van der Waals surface area contributed by atoms with Crippen molar-refractivity contribution in [1.29, 1.82) is 0 Å². The molecular weight excluding hydrogens is 402 g/mol. The number of thiocarbonyl (C=S) groups is 1. The van der Waals surface area contributed by atoms with Crippen LogP contribution in [-0.4, -0.2) is 29.0 Å². The number of benzene rings is 1. The number of esters is 1. The van der Waals surface area contributed by atoms with Crippen molar-refractivity contribution in [3.8, 4) is 0 Å². The lowest BCUT2D eigenvalue weighted by Crippen LogP contribution is -2.34. The molecule has 0 saturated carbocycles. The lowest BCUT2D eigenvalue weighted by molar-refractivity contribution is -0.384. The number of aryl methyl sites for hydroxylation is 1. The number of hydrogen-bond acceptors (Lipinski definition) is 7. The standard InChI is InChI=1S/C18H17N3O5S2/c1-26-17(23)14-12-7-2-3-8-13(12)28-16(14)20-18(27)19-15(22)10-5-4-6-11(9-10)21(24)25/h4-6,9H,2-3,7-8H2,1H3,(H2,19,20,22,27). The summed E-state index contributed by atoms with van der Waals surface area (Å²) in [5.74, 6) is -1.03. The number of non-ortho nitro benzene ring substituents is 1. The minimum absolute atomic E-state index is 0.000237. The molecule has 1 aromatic carbocycles. The van der Waals surface area contributed by atoms with Crippen LogP contribution in [-0.2, 0) is 17.6 Å². The highest BCUT2D eigenvalue weighted by Gasteiger charge is 2.26. The van der Waals surface area contributed by atoms with E-state index in [1.54, 1.807) is 0 Å². The van der Waals surface area contributed by atoms with Gasteiger partial charge in [-0.05, 0) is 49.5 Å². The number of fused-ring (bicyclic) bond motifs is 1. The van der Waals surface area contributed by atoms with Gasteiger partial charge in [-0.1, -0.05) is 6.07 Å². The van der Waals surface area contributed by atoms with Crippen molar-refractivity contribution in [3.05, 3.63) is 55.9 Å². The maximum atomic E-state index is 12.3. The van der Waals surface area contributed by atoms with Gasteiger partial charge in [-0.15, -0.1) is 11.3 Å². The Morgan fingerprint density at radius 3 is 2.75 bits per heavy atom. The molecule has 1 aliphatic rings. The highest BCUT2D eigenvalue weighted by molar-refractivity contribution is 7.80. The predicted octanol–water partition coefficient (Wildman–Crippen LogP) is 3.45. The van der Waals surface area contributed by atoms with Gasteiger partial charge in [0.15, 0.2) is 5.11 Å². The van der Waals surface area contributed by atoms with Gasteiger partial charge in [0.2, 0.25) is 0 Å². The largest absolute Gasteiger partial charge is 0.465 e. The summed E-state index contributed by atoms with van der Waals surface area (Å²) in [6.45, 7) is 0. The van der Waals surface area contributed by atoms with Gasteiger partial charge in [0, 0.05) is 22.6 Å². The average Bonchev–Trinajstić information content (AvgIpc) is 3.04. The highest BCUT2D eigenvalue weighted by Crippen LogP contribution is 2.38. The first-order chi connectivity index (χ1) is 13.4. The van der Waals surface area contributed by atoms with Crippen LogP contribution in [0.15, 0.2) is 24.3 Å². The molecular formula is C18H17N3O5S2. The molecule has 0 fully saturated rings. The monoisotopic (exact) mass is 419 g/mol. The van der Waals surface area contributed by atoms with Gasteiger partial charge in [-0.25, -0.2) is 4.79 Å². The number of nitrogens with zero attached hydrogens (tertiary/aromatic N) is 1. The van der Waals surface area contributed by atoms with Crippen LogP contribution in [0.4, 0.5) is 10.7 Å². The van der Waals surface area contributed by atoms with Crippen LogP contribution in [0.25, 0.3) is 0 Å². The van der Waals surface area contributed by atoms with Crippen molar-refractivity contribution in [1.82, 2.24) is 5.32 Å². The number of nitro groups is 1. The first kappa shape index (κ1) is 19.9. The normalized spacial score (nSPS) is 12.6. The summed E-state index contributed by atoms with van der Waals surface area (Å²) in [4.78, 5) is 36.0. The van der Waals surface area contributed by atoms with Crippen LogP contribution in [0.3, 0.4) is 0 Å². The molecule has 0 aliphatic heterocycles. The predicted molar refractivity (Wildman–Crippen MR) is 109 cm³/mol. The molecule has 28 heavy (non-hydrogen) atoms. The molecule has 0 saturated heterocycles. The topological polar surface area (TPSA) is 111 Å². The van der Waals surface area contributed by atoms with Crippen LogP contribution in [0.1, 0.15) is 44.0 Å². The third kappa shape index (κ3) is 4.18. The Morgan fingerprint density at radius 2 is 2.04 bits per heavy atom. The Labute approximate surface area is 170 Å². The fourth-order valence-corrected chi connectivity index (χ4v) is 4.58. The Bertz CT molecular complexity index is 970. The van der Waals surface area contributed by atoms with E-state index in [0.717, 1.165) is 36.1 Å². The van der Waals surface area contributed by atoms with E-state index in [9.17, 15) is 19.7 Å². The smallest absolute Gasteiger partial charge is 0.341 e. The first-order valence-electron chi connectivity index (χ1n) is 8.50. The second-order valence-corrected chi connectivity index (χ2v) is 7.64. The quantitative estimate of drug-likeness (QED) is 0.338. The van der Waals surface area contributed by atoms with Gasteiger partial charge >= 0.3 is 5.97 Å². The molecule has 8 nitrogen and oxygen atoms in total. The average molecular weight is 419 g/mol. The van der Waals surface area contributed by atoms with Crippen LogP contribution in [0.5, 0.6) is 0 Å². The van der Waals surface area contributed by atoms with Crippen molar-refractivity contribution in [2.24, 2.45) is 0 Å². The van der Waals surface area contributed by atoms with E-state index in [4.69, 9.17) is 17.0 Å². The minimum Gasteiger partial charge on any atom is -0.465 e. The van der Waals surface area contributed by atoms with Gasteiger partial charge in [-0.3, -0.25) is 20.2 Å². The molecule has 0 spiro atoms. The molecule has 3 rings (SSSR count). The number of amides is 1. The summed E-state index contributed by atoms with van der Waals surface area (Å²) in [7, 11) is 1.32. The zero-order valence-corrected chi connectivity index (χ0v) is 16.6. The number of anilines is 1. The van der Waals surface area contributed by atoms with E-state index >= 15 is 0 Å². The molecule has 1 aromatic heterocycles. The maximum Gasteiger partial charge on any atom is 0.341 e. The van der Waals surface area contributed by atoms with Crippen molar-refractivity contribution >= 4 is 51.2 Å². The number of methoxy groups -OCH3 is 1. The molecule has 0 atom stereocenters. The second-order valence-electron chi connectivity index (χ2n) is 6.12. The SMILES string of the molecule is COC(=O)c1c(NC(=S)NC(=O)c2cccc([N+](=O)[O-])c2)sc2c1CCCC2. The van der Waals surface area contributed by atoms with E-state index in [2.05, 4.69) is 10.6 Å². The number of ether oxygens (including phenoxy) is 1. The fraction of sp³-hybridized carbons (Fsp3) is 0.278. The Hall–Kier alpha value is -2.85. The van der Waals surface area contributed by atoms with Crippen LogP contribution in [0.2, 0.25) is 0 Å². The molecule has 1 heterocycles. The third-order valence-electron chi connectivity index (χ3n) is 4.33. The molecule has 0 unspecified atom stereocenters. The van der Waals surface area contributed by atoms with E-state index in [-0.39, 0.29) is 16.4 Å². The molecule has 10 heteroatoms. The highest BCUT2D eigenvalue weighted by atomic mass is 32.1. The van der Waals surface area contributed by atoms with E-state index in [1.807, 2.05) is 0 Å². The maximum absolute atomic E-state index is 12.3. The zero-order valence-electron chi connectivity index (χ0n) is 14.9. The van der Waals surface area contributed by atoms with E-state index in [0.29, 0.717) is 10.6 Å². The van der Waals surface area contributed by atoms with Gasteiger partial charge < -0.3 is 10.1 Å². The lowest BCUT2D eigenvalue weighted by atomic mass is 9.95. The van der Waals surface area contributed by atoms with Gasteiger partial charge in [0.25, 0.3) is 11.6 Å². The number of carbonyl (C=O) groups is 2. The second kappa shape index (κ2) is 8.44. The molecule has 1 aliphatic carbocycles. The number of nitrogens with one attached hydrogen (secondary N) is 2. The number of thiophene rings is 1. The first-order valence-corrected chi connectivity index (χ1v) is 9.72. The van der Waals surface area contributed by atoms with Crippen LogP contribution >= 0.6 is 23.6 Å². The van der Waals surface area contributed by atoms with Gasteiger partial charge in [-0.2, -0.15) is 0 Å². The number of nitro benzene ring substituents is 1. The Balaban J connectivity index is 1.77. The van der Waals surface area contributed by atoms with Gasteiger partial charge in [0.1, 0.15) is 5.00 Å². The summed E-state index contributed by atoms with van der Waals surface area (Å²) in [6, 6.07) is 5.34. The summed E-state index contributed by atoms with van der Waals surface area (Å²) >= 11 is 6.62. The van der Waals surface area contributed by atoms with Crippen molar-refractivity contribution < 1.29 is 19.2 Å². The molecule has 0 bridgehead atoms. The fourth-order valence-electron chi connectivity index (χ4n) is 3.04.